The van der Waals surface area contributed by atoms with E-state index in [9.17, 15) is 0 Å². The first-order chi connectivity index (χ1) is 8.32. The largest absolute Gasteiger partial charge is 0.373 e. The Kier molecular flexibility index (Phi) is 6.09. The van der Waals surface area contributed by atoms with Gasteiger partial charge in [-0.2, -0.15) is 0 Å². The summed E-state index contributed by atoms with van der Waals surface area (Å²) in [5, 5.41) is 3.70. The van der Waals surface area contributed by atoms with Crippen LogP contribution in [0.15, 0.2) is 0 Å². The fraction of sp³-hybridized carbons (Fsp3) is 1.00. The van der Waals surface area contributed by atoms with E-state index in [4.69, 9.17) is 4.74 Å². The highest BCUT2D eigenvalue weighted by atomic mass is 16.5. The van der Waals surface area contributed by atoms with Crippen LogP contribution in [0, 0.1) is 5.41 Å². The second-order valence-electron chi connectivity index (χ2n) is 6.85. The predicted octanol–water partition coefficient (Wildman–Crippen LogP) is 2.51. The Hall–Kier alpha value is -0.120. The lowest BCUT2D eigenvalue weighted by Crippen LogP contribution is -2.54. The smallest absolute Gasteiger partial charge is 0.0678 e. The lowest BCUT2D eigenvalue weighted by Gasteiger charge is -2.41. The molecule has 0 aromatic heterocycles. The third-order valence-corrected chi connectivity index (χ3v) is 3.62. The van der Waals surface area contributed by atoms with Crippen molar-refractivity contribution in [2.24, 2.45) is 5.41 Å². The van der Waals surface area contributed by atoms with Crippen LogP contribution in [0.3, 0.4) is 0 Å². The molecule has 0 saturated carbocycles. The zero-order chi connectivity index (χ0) is 13.8. The molecule has 1 saturated heterocycles. The van der Waals surface area contributed by atoms with Gasteiger partial charge < -0.3 is 10.1 Å². The topological polar surface area (TPSA) is 24.5 Å². The summed E-state index contributed by atoms with van der Waals surface area (Å²) in [5.74, 6) is 0. The van der Waals surface area contributed by atoms with E-state index >= 15 is 0 Å². The Labute approximate surface area is 113 Å². The van der Waals surface area contributed by atoms with Crippen molar-refractivity contribution in [3.8, 4) is 0 Å². The summed E-state index contributed by atoms with van der Waals surface area (Å²) in [6, 6.07) is 0.551. The molecule has 1 aliphatic rings. The molecule has 0 radical (unpaired) electrons. The Balaban J connectivity index is 2.54. The predicted molar refractivity (Wildman–Crippen MR) is 78.0 cm³/mol. The van der Waals surface area contributed by atoms with Crippen LogP contribution in [-0.4, -0.2) is 49.3 Å². The molecule has 1 aliphatic heterocycles. The third kappa shape index (κ3) is 5.25. The molecule has 3 atom stereocenters. The standard InChI is InChI=1S/C15H32N2O/c1-7-8-16-14(15(4,5)6)11-17-9-12(2)18-13(3)10-17/h12-14,16H,7-11H2,1-6H3. The van der Waals surface area contributed by atoms with E-state index in [0.29, 0.717) is 23.7 Å². The summed E-state index contributed by atoms with van der Waals surface area (Å²) in [7, 11) is 0. The second-order valence-corrected chi connectivity index (χ2v) is 6.85. The van der Waals surface area contributed by atoms with Gasteiger partial charge >= 0.3 is 0 Å². The molecule has 18 heavy (non-hydrogen) atoms. The molecular formula is C15H32N2O. The van der Waals surface area contributed by atoms with Gasteiger partial charge in [0.05, 0.1) is 12.2 Å². The average molecular weight is 256 g/mol. The molecule has 1 N–H and O–H groups in total. The number of morpholine rings is 1. The van der Waals surface area contributed by atoms with Crippen LogP contribution >= 0.6 is 0 Å². The highest BCUT2D eigenvalue weighted by molar-refractivity contribution is 4.85. The molecule has 1 rings (SSSR count). The molecule has 1 fully saturated rings. The molecule has 3 heteroatoms. The number of rotatable bonds is 5. The van der Waals surface area contributed by atoms with Crippen LogP contribution in [0.25, 0.3) is 0 Å². The van der Waals surface area contributed by atoms with Crippen molar-refractivity contribution < 1.29 is 4.74 Å². The van der Waals surface area contributed by atoms with Crippen LogP contribution < -0.4 is 5.32 Å². The molecule has 108 valence electrons. The molecule has 3 unspecified atom stereocenters. The minimum atomic E-state index is 0.306. The molecule has 0 aromatic rings. The first kappa shape index (κ1) is 15.9. The molecule has 0 bridgehead atoms. The average Bonchev–Trinajstić information content (AvgIpc) is 2.21. The minimum absolute atomic E-state index is 0.306. The maximum absolute atomic E-state index is 5.80. The van der Waals surface area contributed by atoms with Crippen LogP contribution in [0.5, 0.6) is 0 Å². The summed E-state index contributed by atoms with van der Waals surface area (Å²) >= 11 is 0. The van der Waals surface area contributed by atoms with Gasteiger partial charge in [0, 0.05) is 25.7 Å². The first-order valence-corrected chi connectivity index (χ1v) is 7.44. The molecular weight excluding hydrogens is 224 g/mol. The summed E-state index contributed by atoms with van der Waals surface area (Å²) in [5.41, 5.74) is 0.306. The zero-order valence-corrected chi connectivity index (χ0v) is 13.1. The van der Waals surface area contributed by atoms with Gasteiger partial charge in [-0.05, 0) is 32.2 Å². The van der Waals surface area contributed by atoms with Crippen molar-refractivity contribution in [2.75, 3.05) is 26.2 Å². The third-order valence-electron chi connectivity index (χ3n) is 3.62. The van der Waals surface area contributed by atoms with Gasteiger partial charge in [-0.25, -0.2) is 0 Å². The number of ether oxygens (including phenoxy) is 1. The molecule has 0 aromatic carbocycles. The van der Waals surface area contributed by atoms with E-state index in [1.807, 2.05) is 0 Å². The van der Waals surface area contributed by atoms with Gasteiger partial charge in [0.15, 0.2) is 0 Å². The Morgan fingerprint density at radius 1 is 1.22 bits per heavy atom. The van der Waals surface area contributed by atoms with E-state index in [2.05, 4.69) is 51.8 Å². The Morgan fingerprint density at radius 3 is 2.22 bits per heavy atom. The molecule has 1 heterocycles. The van der Waals surface area contributed by atoms with Gasteiger partial charge in [0.25, 0.3) is 0 Å². The number of hydrogen-bond donors (Lipinski definition) is 1. The van der Waals surface area contributed by atoms with E-state index < -0.39 is 0 Å². The maximum atomic E-state index is 5.80. The lowest BCUT2D eigenvalue weighted by molar-refractivity contribution is -0.0725. The van der Waals surface area contributed by atoms with E-state index in [-0.39, 0.29) is 0 Å². The molecule has 0 spiro atoms. The first-order valence-electron chi connectivity index (χ1n) is 7.44. The SMILES string of the molecule is CCCNC(CN1CC(C)OC(C)C1)C(C)(C)C. The van der Waals surface area contributed by atoms with E-state index in [1.54, 1.807) is 0 Å². The van der Waals surface area contributed by atoms with Crippen molar-refractivity contribution in [3.05, 3.63) is 0 Å². The number of hydrogen-bond acceptors (Lipinski definition) is 3. The van der Waals surface area contributed by atoms with Crippen molar-refractivity contribution in [1.29, 1.82) is 0 Å². The van der Waals surface area contributed by atoms with Gasteiger partial charge in [0.2, 0.25) is 0 Å². The van der Waals surface area contributed by atoms with Gasteiger partial charge in [-0.1, -0.05) is 27.7 Å². The van der Waals surface area contributed by atoms with Crippen LogP contribution in [0.2, 0.25) is 0 Å². The zero-order valence-electron chi connectivity index (χ0n) is 13.1. The fourth-order valence-corrected chi connectivity index (χ4v) is 2.65. The van der Waals surface area contributed by atoms with Gasteiger partial charge in [0.1, 0.15) is 0 Å². The summed E-state index contributed by atoms with van der Waals surface area (Å²) in [4.78, 5) is 2.55. The highest BCUT2D eigenvalue weighted by Crippen LogP contribution is 2.21. The van der Waals surface area contributed by atoms with Crippen LogP contribution in [-0.2, 0) is 4.74 Å². The molecule has 0 aliphatic carbocycles. The summed E-state index contributed by atoms with van der Waals surface area (Å²) in [6.07, 6.45) is 1.92. The molecule has 0 amide bonds. The number of nitrogens with one attached hydrogen (secondary N) is 1. The summed E-state index contributed by atoms with van der Waals surface area (Å²) < 4.78 is 5.80. The van der Waals surface area contributed by atoms with Crippen molar-refractivity contribution in [1.82, 2.24) is 10.2 Å². The van der Waals surface area contributed by atoms with Gasteiger partial charge in [-0.3, -0.25) is 4.90 Å². The minimum Gasteiger partial charge on any atom is -0.373 e. The second kappa shape index (κ2) is 6.88. The van der Waals surface area contributed by atoms with Crippen molar-refractivity contribution in [2.45, 2.75) is 66.2 Å². The normalized spacial score (nSPS) is 28.3. The van der Waals surface area contributed by atoms with Gasteiger partial charge in [-0.15, -0.1) is 0 Å². The lowest BCUT2D eigenvalue weighted by atomic mass is 9.86. The quantitative estimate of drug-likeness (QED) is 0.818. The Morgan fingerprint density at radius 2 is 1.78 bits per heavy atom. The van der Waals surface area contributed by atoms with E-state index in [0.717, 1.165) is 26.2 Å². The van der Waals surface area contributed by atoms with Crippen LogP contribution in [0.1, 0.15) is 48.0 Å². The van der Waals surface area contributed by atoms with Crippen molar-refractivity contribution >= 4 is 0 Å². The Bertz CT molecular complexity index is 227. The fourth-order valence-electron chi connectivity index (χ4n) is 2.65. The van der Waals surface area contributed by atoms with Crippen molar-refractivity contribution in [3.63, 3.8) is 0 Å². The van der Waals surface area contributed by atoms with E-state index in [1.165, 1.54) is 6.42 Å². The highest BCUT2D eigenvalue weighted by Gasteiger charge is 2.29. The summed E-state index contributed by atoms with van der Waals surface area (Å²) in [6.45, 7) is 17.9. The van der Waals surface area contributed by atoms with Crippen LogP contribution in [0.4, 0.5) is 0 Å². The molecule has 3 nitrogen and oxygen atoms in total. The number of nitrogens with zero attached hydrogens (tertiary/aromatic N) is 1. The monoisotopic (exact) mass is 256 g/mol. The maximum Gasteiger partial charge on any atom is 0.0678 e.